The maximum absolute atomic E-state index is 13.2. The van der Waals surface area contributed by atoms with Gasteiger partial charge in [-0.1, -0.05) is 36.4 Å². The van der Waals surface area contributed by atoms with Crippen LogP contribution in [0, 0.1) is 6.92 Å². The highest BCUT2D eigenvalue weighted by Gasteiger charge is 2.17. The average Bonchev–Trinajstić information content (AvgIpc) is 2.74. The molecule has 0 spiro atoms. The number of para-hydroxylation sites is 2. The lowest BCUT2D eigenvalue weighted by Gasteiger charge is -2.20. The van der Waals surface area contributed by atoms with E-state index in [1.165, 1.54) is 0 Å². The zero-order valence-electron chi connectivity index (χ0n) is 18.0. The Morgan fingerprint density at radius 1 is 1.00 bits per heavy atom. The zero-order chi connectivity index (χ0) is 21.8. The molecule has 6 heteroatoms. The number of hydrogen-bond donors (Lipinski definition) is 1. The molecule has 0 amide bonds. The Morgan fingerprint density at radius 2 is 1.68 bits per heavy atom. The fraction of sp³-hybridized carbons (Fsp3) is 0.200. The van der Waals surface area contributed by atoms with Gasteiger partial charge in [0.05, 0.1) is 5.52 Å². The van der Waals surface area contributed by atoms with Crippen LogP contribution in [0.4, 0.5) is 11.5 Å². The number of rotatable bonds is 7. The molecule has 2 aromatic heterocycles. The summed E-state index contributed by atoms with van der Waals surface area (Å²) >= 11 is 0. The lowest BCUT2D eigenvalue weighted by Crippen LogP contribution is -2.21. The van der Waals surface area contributed by atoms with Gasteiger partial charge < -0.3 is 15.0 Å². The normalized spacial score (nSPS) is 11.1. The monoisotopic (exact) mass is 414 g/mol. The van der Waals surface area contributed by atoms with Crippen molar-refractivity contribution in [3.63, 3.8) is 0 Å². The van der Waals surface area contributed by atoms with E-state index < -0.39 is 0 Å². The van der Waals surface area contributed by atoms with E-state index in [0.717, 1.165) is 29.1 Å². The van der Waals surface area contributed by atoms with Crippen molar-refractivity contribution < 1.29 is 4.74 Å². The number of aromatic nitrogens is 2. The quantitative estimate of drug-likeness (QED) is 0.486. The van der Waals surface area contributed by atoms with Crippen molar-refractivity contribution in [2.75, 3.05) is 32.6 Å². The molecule has 0 bridgehead atoms. The fourth-order valence-electron chi connectivity index (χ4n) is 3.47. The van der Waals surface area contributed by atoms with Gasteiger partial charge in [-0.2, -0.15) is 0 Å². The molecular formula is C25H26N4O2. The number of fused-ring (bicyclic) bond motifs is 1. The Bertz CT molecular complexity index is 1240. The van der Waals surface area contributed by atoms with Gasteiger partial charge in [0.1, 0.15) is 17.8 Å². The highest BCUT2D eigenvalue weighted by atomic mass is 16.5. The van der Waals surface area contributed by atoms with Crippen LogP contribution in [0.2, 0.25) is 0 Å². The van der Waals surface area contributed by atoms with E-state index in [2.05, 4.69) is 10.3 Å². The van der Waals surface area contributed by atoms with Crippen LogP contribution < -0.4 is 15.5 Å². The summed E-state index contributed by atoms with van der Waals surface area (Å²) in [5, 5.41) is 3.87. The molecule has 4 aromatic rings. The first-order valence-corrected chi connectivity index (χ1v) is 10.3. The number of hydrogen-bond acceptors (Lipinski definition) is 5. The van der Waals surface area contributed by atoms with Crippen LogP contribution in [0.15, 0.2) is 77.6 Å². The number of pyridine rings is 2. The topological polar surface area (TPSA) is 59.4 Å². The summed E-state index contributed by atoms with van der Waals surface area (Å²) in [6.45, 7) is 3.10. The lowest BCUT2D eigenvalue weighted by atomic mass is 10.2. The number of nitrogens with zero attached hydrogens (tertiary/aromatic N) is 3. The lowest BCUT2D eigenvalue weighted by molar-refractivity contribution is 0.256. The van der Waals surface area contributed by atoms with Crippen LogP contribution in [0.1, 0.15) is 5.69 Å². The molecule has 0 radical (unpaired) electrons. The summed E-state index contributed by atoms with van der Waals surface area (Å²) in [4.78, 5) is 19.8. The summed E-state index contributed by atoms with van der Waals surface area (Å²) in [5.74, 6) is 1.05. The van der Waals surface area contributed by atoms with Gasteiger partial charge >= 0.3 is 0 Å². The Balaban J connectivity index is 1.93. The Morgan fingerprint density at radius 3 is 2.35 bits per heavy atom. The summed E-state index contributed by atoms with van der Waals surface area (Å²) in [7, 11) is 3.96. The van der Waals surface area contributed by atoms with E-state index in [9.17, 15) is 4.79 Å². The summed E-state index contributed by atoms with van der Waals surface area (Å²) in [5.41, 5.74) is 3.25. The molecule has 0 saturated carbocycles. The number of anilines is 2. The van der Waals surface area contributed by atoms with Crippen LogP contribution in [-0.4, -0.2) is 41.7 Å². The van der Waals surface area contributed by atoms with Crippen molar-refractivity contribution in [3.8, 4) is 11.6 Å². The zero-order valence-corrected chi connectivity index (χ0v) is 18.0. The largest absolute Gasteiger partial charge is 0.476 e. The van der Waals surface area contributed by atoms with Gasteiger partial charge in [-0.3, -0.25) is 9.36 Å². The van der Waals surface area contributed by atoms with Crippen molar-refractivity contribution >= 4 is 22.4 Å². The third-order valence-electron chi connectivity index (χ3n) is 4.93. The molecule has 0 unspecified atom stereocenters. The molecule has 0 saturated heterocycles. The molecule has 4 rings (SSSR count). The third kappa shape index (κ3) is 4.59. The van der Waals surface area contributed by atoms with Crippen LogP contribution in [0.3, 0.4) is 0 Å². The maximum atomic E-state index is 13.2. The van der Waals surface area contributed by atoms with Gasteiger partial charge in [0.25, 0.3) is 0 Å². The van der Waals surface area contributed by atoms with Crippen LogP contribution in [0.25, 0.3) is 16.6 Å². The second kappa shape index (κ2) is 9.02. The van der Waals surface area contributed by atoms with Crippen molar-refractivity contribution in [1.29, 1.82) is 0 Å². The molecule has 158 valence electrons. The fourth-order valence-corrected chi connectivity index (χ4v) is 3.47. The first-order chi connectivity index (χ1) is 15.0. The molecule has 2 aromatic carbocycles. The second-order valence-corrected chi connectivity index (χ2v) is 7.67. The number of ether oxygens (including phenoxy) is 1. The number of benzene rings is 2. The van der Waals surface area contributed by atoms with Gasteiger partial charge in [0.15, 0.2) is 5.43 Å². The molecule has 2 heterocycles. The Kier molecular flexibility index (Phi) is 6.00. The molecular weight excluding hydrogens is 388 g/mol. The SMILES string of the molecule is Cc1cc2c(c(OCCN(C)C)n1)c(=O)cc(Nc1ccccc1)n2-c1ccccc1. The second-order valence-electron chi connectivity index (χ2n) is 7.67. The van der Waals surface area contributed by atoms with E-state index in [1.54, 1.807) is 6.07 Å². The van der Waals surface area contributed by atoms with Crippen LogP contribution in [0.5, 0.6) is 5.88 Å². The minimum absolute atomic E-state index is 0.132. The van der Waals surface area contributed by atoms with Crippen molar-refractivity contribution in [2.24, 2.45) is 0 Å². The summed E-state index contributed by atoms with van der Waals surface area (Å²) in [6, 6.07) is 23.3. The first kappa shape index (κ1) is 20.6. The van der Waals surface area contributed by atoms with Gasteiger partial charge in [0.2, 0.25) is 5.88 Å². The van der Waals surface area contributed by atoms with E-state index in [1.807, 2.05) is 97.2 Å². The highest BCUT2D eigenvalue weighted by Crippen LogP contribution is 2.29. The summed E-state index contributed by atoms with van der Waals surface area (Å²) < 4.78 is 7.99. The number of likely N-dealkylation sites (N-methyl/N-ethyl adjacent to an activating group) is 1. The van der Waals surface area contributed by atoms with Gasteiger partial charge in [-0.15, -0.1) is 0 Å². The number of nitrogens with one attached hydrogen (secondary N) is 1. The van der Waals surface area contributed by atoms with Crippen LogP contribution in [-0.2, 0) is 0 Å². The Labute approximate surface area is 181 Å². The van der Waals surface area contributed by atoms with Crippen molar-refractivity contribution in [1.82, 2.24) is 14.5 Å². The standard InChI is InChI=1S/C25H26N4O2/c1-18-16-21-24(25(26-18)31-15-14-28(2)3)22(30)17-23(27-19-10-6-4-7-11-19)29(21)20-12-8-5-9-13-20/h4-13,16-17,27H,14-15H2,1-3H3. The molecule has 0 atom stereocenters. The molecule has 0 aliphatic carbocycles. The predicted octanol–water partition coefficient (Wildman–Crippen LogP) is 4.38. The third-order valence-corrected chi connectivity index (χ3v) is 4.93. The maximum Gasteiger partial charge on any atom is 0.227 e. The van der Waals surface area contributed by atoms with E-state index in [0.29, 0.717) is 23.7 Å². The minimum Gasteiger partial charge on any atom is -0.476 e. The van der Waals surface area contributed by atoms with E-state index >= 15 is 0 Å². The minimum atomic E-state index is -0.132. The van der Waals surface area contributed by atoms with Gasteiger partial charge in [-0.05, 0) is 51.4 Å². The van der Waals surface area contributed by atoms with Crippen molar-refractivity contribution in [2.45, 2.75) is 6.92 Å². The molecule has 6 nitrogen and oxygen atoms in total. The molecule has 31 heavy (non-hydrogen) atoms. The molecule has 0 fully saturated rings. The number of aryl methyl sites for hydroxylation is 1. The van der Waals surface area contributed by atoms with E-state index in [4.69, 9.17) is 4.74 Å². The predicted molar refractivity (Wildman–Crippen MR) is 126 cm³/mol. The van der Waals surface area contributed by atoms with E-state index in [-0.39, 0.29) is 5.43 Å². The van der Waals surface area contributed by atoms with Gasteiger partial charge in [-0.25, -0.2) is 4.98 Å². The molecule has 1 N–H and O–H groups in total. The molecule has 0 aliphatic heterocycles. The van der Waals surface area contributed by atoms with Crippen LogP contribution >= 0.6 is 0 Å². The van der Waals surface area contributed by atoms with Gasteiger partial charge in [0, 0.05) is 29.7 Å². The molecule has 0 aliphatic rings. The Hall–Kier alpha value is -3.64. The van der Waals surface area contributed by atoms with Crippen molar-refractivity contribution in [3.05, 3.63) is 88.7 Å². The average molecular weight is 415 g/mol. The highest BCUT2D eigenvalue weighted by molar-refractivity contribution is 5.88. The smallest absolute Gasteiger partial charge is 0.227 e. The summed E-state index contributed by atoms with van der Waals surface area (Å²) in [6.07, 6.45) is 0. The first-order valence-electron chi connectivity index (χ1n) is 10.3.